The summed E-state index contributed by atoms with van der Waals surface area (Å²) < 4.78 is 80.9. The molecule has 22 heteroatoms. The highest BCUT2D eigenvalue weighted by molar-refractivity contribution is 6.22. The topological polar surface area (TPSA) is 207 Å². The average molecular weight is 817 g/mol. The summed E-state index contributed by atoms with van der Waals surface area (Å²) in [5, 5.41) is 0. The molecule has 0 saturated heterocycles. The fraction of sp³-hybridized carbons (Fsp3) is 0.135. The van der Waals surface area contributed by atoms with Crippen molar-refractivity contribution in [2.45, 2.75) is 25.4 Å². The quantitative estimate of drug-likeness (QED) is 0.170. The van der Waals surface area contributed by atoms with Crippen molar-refractivity contribution >= 4 is 23.6 Å². The van der Waals surface area contributed by atoms with Gasteiger partial charge in [0, 0.05) is 41.6 Å². The van der Waals surface area contributed by atoms with Crippen molar-refractivity contribution in [2.75, 3.05) is 7.11 Å². The Morgan fingerprint density at radius 3 is 1.39 bits per heavy atom. The first kappa shape index (κ1) is 39.5. The number of halogens is 6. The van der Waals surface area contributed by atoms with E-state index in [0.717, 1.165) is 34.6 Å². The molecule has 8 rings (SSSR count). The molecule has 6 aromatic rings. The predicted molar refractivity (Wildman–Crippen MR) is 187 cm³/mol. The molecular formula is C37H22F6N10O6. The Labute approximate surface area is 325 Å². The summed E-state index contributed by atoms with van der Waals surface area (Å²) in [7, 11) is 1.31. The summed E-state index contributed by atoms with van der Waals surface area (Å²) >= 11 is 0. The van der Waals surface area contributed by atoms with Crippen LogP contribution in [-0.2, 0) is 25.4 Å². The molecule has 16 nitrogen and oxygen atoms in total. The highest BCUT2D eigenvalue weighted by Gasteiger charge is 2.38. The van der Waals surface area contributed by atoms with Crippen molar-refractivity contribution in [1.82, 2.24) is 49.7 Å². The number of H-pyrrole nitrogens is 1. The Balaban J connectivity index is 0.000000179. The summed E-state index contributed by atoms with van der Waals surface area (Å²) in [6.45, 7) is -0.404. The van der Waals surface area contributed by atoms with E-state index >= 15 is 0 Å². The number of imide groups is 2. The maximum atomic E-state index is 12.7. The number of rotatable bonds is 7. The minimum absolute atomic E-state index is 0.00841. The molecule has 59 heavy (non-hydrogen) atoms. The number of aromatic nitrogens is 8. The van der Waals surface area contributed by atoms with Crippen LogP contribution < -0.4 is 10.4 Å². The van der Waals surface area contributed by atoms with E-state index in [1.807, 2.05) is 0 Å². The number of hydrogen-bond acceptors (Lipinski definition) is 13. The fourth-order valence-corrected chi connectivity index (χ4v) is 5.85. The van der Waals surface area contributed by atoms with Gasteiger partial charge < -0.3 is 9.72 Å². The molecule has 298 valence electrons. The van der Waals surface area contributed by atoms with Crippen LogP contribution in [0.3, 0.4) is 0 Å². The molecule has 4 amide bonds. The number of carbonyl (C=O) groups is 4. The Hall–Kier alpha value is -7.78. The van der Waals surface area contributed by atoms with Crippen LogP contribution in [0, 0.1) is 0 Å². The summed E-state index contributed by atoms with van der Waals surface area (Å²) in [6.07, 6.45) is -5.63. The van der Waals surface area contributed by atoms with Crippen molar-refractivity contribution in [1.29, 1.82) is 0 Å². The third-order valence-electron chi connectivity index (χ3n) is 8.55. The lowest BCUT2D eigenvalue weighted by atomic mass is 10.1. The van der Waals surface area contributed by atoms with Crippen LogP contribution in [0.15, 0.2) is 90.2 Å². The maximum absolute atomic E-state index is 12.7. The molecule has 2 aliphatic rings. The highest BCUT2D eigenvalue weighted by Crippen LogP contribution is 2.30. The average Bonchev–Trinajstić information content (AvgIpc) is 3.60. The lowest BCUT2D eigenvalue weighted by Crippen LogP contribution is -2.30. The normalized spacial score (nSPS) is 13.6. The number of benzene rings is 2. The standard InChI is InChI=1S/C19H12F3N5O3.C18H10F3N5O3/c1-30-18-25-11(9-27-15(28)12-4-2-3-5-13(12)16(27)29)6-14(26-18)10-7-23-17(24-8-10)19(20,21)22;19-18(20,21)16-22-6-9(7-23-16)13-5-10(24-17(29)25-13)8-26-14(27)11-3-1-2-4-12(11)15(26)28/h2-8H,9H2,1H3;1-7H,8H2,(H,24,25,29). The molecule has 1 N–H and O–H groups in total. The van der Waals surface area contributed by atoms with Gasteiger partial charge in [-0.3, -0.25) is 29.0 Å². The van der Waals surface area contributed by atoms with Crippen molar-refractivity contribution in [2.24, 2.45) is 0 Å². The zero-order valence-corrected chi connectivity index (χ0v) is 29.7. The molecule has 6 heterocycles. The fourth-order valence-electron chi connectivity index (χ4n) is 5.85. The van der Waals surface area contributed by atoms with Gasteiger partial charge in [-0.25, -0.2) is 24.7 Å². The summed E-state index contributed by atoms with van der Waals surface area (Å²) in [4.78, 5) is 91.3. The number of amides is 4. The Morgan fingerprint density at radius 1 is 0.576 bits per heavy atom. The molecule has 0 radical (unpaired) electrons. The summed E-state index contributed by atoms with van der Waals surface area (Å²) in [6, 6.07) is 15.4. The Morgan fingerprint density at radius 2 is 0.983 bits per heavy atom. The molecule has 0 bridgehead atoms. The second-order valence-electron chi connectivity index (χ2n) is 12.4. The number of nitrogens with one attached hydrogen (secondary N) is 1. The lowest BCUT2D eigenvalue weighted by Gasteiger charge is -2.14. The van der Waals surface area contributed by atoms with Crippen LogP contribution in [0.5, 0.6) is 6.01 Å². The van der Waals surface area contributed by atoms with Gasteiger partial charge in [0.05, 0.1) is 59.5 Å². The van der Waals surface area contributed by atoms with Gasteiger partial charge >= 0.3 is 24.1 Å². The molecule has 2 aliphatic heterocycles. The number of hydrogen-bond donors (Lipinski definition) is 1. The van der Waals surface area contributed by atoms with Crippen molar-refractivity contribution in [3.63, 3.8) is 0 Å². The smallest absolute Gasteiger partial charge is 0.451 e. The minimum atomic E-state index is -4.70. The van der Waals surface area contributed by atoms with Crippen LogP contribution in [0.4, 0.5) is 26.3 Å². The van der Waals surface area contributed by atoms with Crippen molar-refractivity contribution in [3.8, 4) is 28.5 Å². The highest BCUT2D eigenvalue weighted by atomic mass is 19.4. The van der Waals surface area contributed by atoms with E-state index in [1.54, 1.807) is 36.4 Å². The van der Waals surface area contributed by atoms with E-state index in [1.165, 1.54) is 31.4 Å². The molecule has 2 aromatic carbocycles. The number of nitrogens with zero attached hydrogens (tertiary/aromatic N) is 9. The molecule has 0 aliphatic carbocycles. The second kappa shape index (κ2) is 15.3. The van der Waals surface area contributed by atoms with Gasteiger partial charge in [-0.1, -0.05) is 24.3 Å². The number of carbonyl (C=O) groups excluding carboxylic acids is 4. The number of aromatic amines is 1. The monoisotopic (exact) mass is 816 g/mol. The van der Waals surface area contributed by atoms with Crippen LogP contribution in [0.1, 0.15) is 64.5 Å². The van der Waals surface area contributed by atoms with Crippen molar-refractivity contribution < 1.29 is 50.3 Å². The van der Waals surface area contributed by atoms with Gasteiger partial charge in [-0.2, -0.15) is 41.3 Å². The zero-order valence-electron chi connectivity index (χ0n) is 29.7. The van der Waals surface area contributed by atoms with Gasteiger partial charge in [0.15, 0.2) is 0 Å². The predicted octanol–water partition coefficient (Wildman–Crippen LogP) is 4.80. The van der Waals surface area contributed by atoms with E-state index in [9.17, 15) is 50.3 Å². The third kappa shape index (κ3) is 8.08. The van der Waals surface area contributed by atoms with Gasteiger partial charge in [0.2, 0.25) is 11.6 Å². The summed E-state index contributed by atoms with van der Waals surface area (Å²) in [5.74, 6) is -4.55. The Bertz CT molecular complexity index is 2640. The Kier molecular flexibility index (Phi) is 10.2. The second-order valence-corrected chi connectivity index (χ2v) is 12.4. The van der Waals surface area contributed by atoms with Gasteiger partial charge in [-0.15, -0.1) is 0 Å². The SMILES string of the molecule is COc1nc(CN2C(=O)c3ccccc3C2=O)cc(-c2cnc(C(F)(F)F)nc2)n1.O=C1c2ccccc2C(=O)N1Cc1cc(-c2cnc(C(F)(F)F)nc2)nc(=O)[nH]1. The molecular weight excluding hydrogens is 794 g/mol. The minimum Gasteiger partial charge on any atom is -0.467 e. The molecule has 0 fully saturated rings. The van der Waals surface area contributed by atoms with E-state index in [2.05, 4.69) is 39.9 Å². The van der Waals surface area contributed by atoms with Crippen LogP contribution in [-0.4, -0.2) is 80.4 Å². The number of fused-ring (bicyclic) bond motifs is 2. The first-order valence-electron chi connectivity index (χ1n) is 16.7. The zero-order chi connectivity index (χ0) is 42.2. The maximum Gasteiger partial charge on any atom is 0.451 e. The summed E-state index contributed by atoms with van der Waals surface area (Å²) in [5.41, 5.74) is 1.18. The van der Waals surface area contributed by atoms with Gasteiger partial charge in [-0.05, 0) is 36.4 Å². The van der Waals surface area contributed by atoms with E-state index in [0.29, 0.717) is 11.1 Å². The molecule has 4 aromatic heterocycles. The molecule has 0 spiro atoms. The van der Waals surface area contributed by atoms with E-state index in [-0.39, 0.29) is 64.1 Å². The van der Waals surface area contributed by atoms with Gasteiger partial charge in [0.25, 0.3) is 23.6 Å². The van der Waals surface area contributed by atoms with E-state index < -0.39 is 53.3 Å². The molecule has 0 atom stereocenters. The van der Waals surface area contributed by atoms with Gasteiger partial charge in [0.1, 0.15) is 0 Å². The lowest BCUT2D eigenvalue weighted by molar-refractivity contribution is -0.145. The first-order valence-corrected chi connectivity index (χ1v) is 16.7. The number of ether oxygens (including phenoxy) is 1. The molecule has 0 unspecified atom stereocenters. The number of methoxy groups -OCH3 is 1. The first-order chi connectivity index (χ1) is 28.0. The van der Waals surface area contributed by atoms with Crippen LogP contribution in [0.2, 0.25) is 0 Å². The third-order valence-corrected chi connectivity index (χ3v) is 8.55. The van der Waals surface area contributed by atoms with E-state index in [4.69, 9.17) is 4.74 Å². The van der Waals surface area contributed by atoms with Crippen LogP contribution >= 0.6 is 0 Å². The number of alkyl halides is 6. The molecule has 0 saturated carbocycles. The largest absolute Gasteiger partial charge is 0.467 e. The van der Waals surface area contributed by atoms with Crippen LogP contribution in [0.25, 0.3) is 22.5 Å². The van der Waals surface area contributed by atoms with Crippen molar-refractivity contribution in [3.05, 3.63) is 141 Å².